The van der Waals surface area contributed by atoms with E-state index >= 15 is 0 Å². The first-order valence-corrected chi connectivity index (χ1v) is 10.9. The van der Waals surface area contributed by atoms with E-state index in [-0.39, 0.29) is 0 Å². The molecule has 0 unspecified atom stereocenters. The number of furan rings is 1. The van der Waals surface area contributed by atoms with Crippen molar-refractivity contribution >= 4 is 21.9 Å². The van der Waals surface area contributed by atoms with Gasteiger partial charge in [0.1, 0.15) is 5.69 Å². The topological polar surface area (TPSA) is 79.5 Å². The predicted octanol–water partition coefficient (Wildman–Crippen LogP) is 3.17. The summed E-state index contributed by atoms with van der Waals surface area (Å²) < 4.78 is 32.1. The lowest BCUT2D eigenvalue weighted by molar-refractivity contribution is 0.388. The molecule has 0 saturated carbocycles. The number of hydrogen-bond donors (Lipinski definition) is 0. The minimum Gasteiger partial charge on any atom is -0.463 e. The van der Waals surface area contributed by atoms with Crippen molar-refractivity contribution in [3.8, 4) is 11.5 Å². The van der Waals surface area contributed by atoms with E-state index in [1.54, 1.807) is 18.4 Å². The number of sulfonamides is 1. The zero-order chi connectivity index (χ0) is 20.3. The van der Waals surface area contributed by atoms with Crippen molar-refractivity contribution < 1.29 is 12.8 Å². The van der Waals surface area contributed by atoms with Crippen LogP contribution in [0.25, 0.3) is 17.5 Å². The van der Waals surface area contributed by atoms with Crippen molar-refractivity contribution in [1.82, 2.24) is 14.5 Å². The van der Waals surface area contributed by atoms with E-state index in [4.69, 9.17) is 4.42 Å². The lowest BCUT2D eigenvalue weighted by Crippen LogP contribution is -2.48. The van der Waals surface area contributed by atoms with Gasteiger partial charge in [0, 0.05) is 31.6 Å². The first-order valence-electron chi connectivity index (χ1n) is 9.39. The Labute approximate surface area is 170 Å². The van der Waals surface area contributed by atoms with E-state index in [0.717, 1.165) is 16.9 Å². The van der Waals surface area contributed by atoms with Crippen LogP contribution in [0.1, 0.15) is 11.1 Å². The summed E-state index contributed by atoms with van der Waals surface area (Å²) in [5, 5.41) is 9.75. The Bertz CT molecular complexity index is 1070. The summed E-state index contributed by atoms with van der Waals surface area (Å²) >= 11 is 0. The molecule has 0 bridgehead atoms. The van der Waals surface area contributed by atoms with Crippen LogP contribution in [-0.2, 0) is 10.0 Å². The van der Waals surface area contributed by atoms with Crippen LogP contribution < -0.4 is 4.90 Å². The fourth-order valence-corrected chi connectivity index (χ4v) is 4.32. The van der Waals surface area contributed by atoms with E-state index in [2.05, 4.69) is 10.2 Å². The van der Waals surface area contributed by atoms with Gasteiger partial charge in [0.15, 0.2) is 11.6 Å². The summed E-state index contributed by atoms with van der Waals surface area (Å²) in [5.41, 5.74) is 2.67. The largest absolute Gasteiger partial charge is 0.463 e. The fourth-order valence-electron chi connectivity index (χ4n) is 3.15. The van der Waals surface area contributed by atoms with E-state index in [9.17, 15) is 8.42 Å². The molecule has 0 aliphatic carbocycles. The molecule has 1 aliphatic rings. The third-order valence-corrected chi connectivity index (χ3v) is 6.42. The van der Waals surface area contributed by atoms with Crippen LogP contribution in [0.4, 0.5) is 5.82 Å². The van der Waals surface area contributed by atoms with Crippen LogP contribution in [0.15, 0.2) is 64.6 Å². The Kier molecular flexibility index (Phi) is 5.46. The molecule has 0 radical (unpaired) electrons. The number of piperazine rings is 1. The molecule has 1 aliphatic heterocycles. The molecule has 29 heavy (non-hydrogen) atoms. The van der Waals surface area contributed by atoms with E-state index in [1.807, 2.05) is 54.3 Å². The number of benzene rings is 1. The first-order chi connectivity index (χ1) is 14.0. The second kappa shape index (κ2) is 8.18. The first kappa shape index (κ1) is 19.4. The van der Waals surface area contributed by atoms with Gasteiger partial charge >= 0.3 is 0 Å². The molecule has 0 N–H and O–H groups in total. The molecule has 1 saturated heterocycles. The van der Waals surface area contributed by atoms with E-state index in [0.29, 0.717) is 37.6 Å². The Hall–Kier alpha value is -2.97. The third-order valence-electron chi connectivity index (χ3n) is 4.86. The number of hydrogen-bond acceptors (Lipinski definition) is 6. The van der Waals surface area contributed by atoms with Crippen LogP contribution in [0.5, 0.6) is 0 Å². The molecule has 2 aromatic heterocycles. The summed E-state index contributed by atoms with van der Waals surface area (Å²) in [7, 11) is -3.46. The van der Waals surface area contributed by atoms with Gasteiger partial charge in [0.25, 0.3) is 0 Å². The molecule has 0 amide bonds. The maximum absolute atomic E-state index is 12.6. The highest BCUT2D eigenvalue weighted by molar-refractivity contribution is 7.92. The summed E-state index contributed by atoms with van der Waals surface area (Å²) in [5.74, 6) is 1.40. The lowest BCUT2D eigenvalue weighted by Gasteiger charge is -2.33. The van der Waals surface area contributed by atoms with Gasteiger partial charge in [-0.1, -0.05) is 29.8 Å². The number of aryl methyl sites for hydroxylation is 1. The Morgan fingerprint density at radius 3 is 2.34 bits per heavy atom. The molecule has 8 heteroatoms. The summed E-state index contributed by atoms with van der Waals surface area (Å²) in [6.45, 7) is 3.93. The molecule has 4 rings (SSSR count). The monoisotopic (exact) mass is 410 g/mol. The second-order valence-electron chi connectivity index (χ2n) is 6.90. The number of nitrogens with zero attached hydrogens (tertiary/aromatic N) is 4. The van der Waals surface area contributed by atoms with E-state index < -0.39 is 10.0 Å². The van der Waals surface area contributed by atoms with Gasteiger partial charge in [0.2, 0.25) is 10.0 Å². The standard InChI is InChI=1S/C21H22N4O3S/c1-17-4-6-18(7-5-17)10-16-29(26,27)25-13-11-24(12-14-25)21-9-8-19(22-23-21)20-3-2-15-28-20/h2-10,15-16H,11-14H2,1H3. The predicted molar refractivity (Wildman–Crippen MR) is 113 cm³/mol. The van der Waals surface area contributed by atoms with Gasteiger partial charge in [-0.3, -0.25) is 0 Å². The molecule has 3 aromatic rings. The second-order valence-corrected chi connectivity index (χ2v) is 8.72. The molecule has 1 aromatic carbocycles. The maximum Gasteiger partial charge on any atom is 0.236 e. The average molecular weight is 410 g/mol. The zero-order valence-corrected chi connectivity index (χ0v) is 16.9. The minimum atomic E-state index is -3.46. The van der Waals surface area contributed by atoms with Crippen molar-refractivity contribution in [3.05, 3.63) is 71.3 Å². The summed E-state index contributed by atoms with van der Waals surface area (Å²) in [6.07, 6.45) is 3.23. The fraction of sp³-hybridized carbons (Fsp3) is 0.238. The van der Waals surface area contributed by atoms with Gasteiger partial charge < -0.3 is 9.32 Å². The highest BCUT2D eigenvalue weighted by atomic mass is 32.2. The minimum absolute atomic E-state index is 0.405. The highest BCUT2D eigenvalue weighted by Gasteiger charge is 2.25. The van der Waals surface area contributed by atoms with Crippen LogP contribution in [0.3, 0.4) is 0 Å². The van der Waals surface area contributed by atoms with Gasteiger partial charge in [-0.25, -0.2) is 8.42 Å². The molecule has 3 heterocycles. The zero-order valence-electron chi connectivity index (χ0n) is 16.1. The van der Waals surface area contributed by atoms with Crippen molar-refractivity contribution in [2.24, 2.45) is 0 Å². The van der Waals surface area contributed by atoms with Crippen molar-refractivity contribution in [2.45, 2.75) is 6.92 Å². The van der Waals surface area contributed by atoms with Crippen LogP contribution in [0.2, 0.25) is 0 Å². The van der Waals surface area contributed by atoms with Crippen molar-refractivity contribution in [2.75, 3.05) is 31.1 Å². The molecular weight excluding hydrogens is 388 g/mol. The maximum atomic E-state index is 12.6. The Balaban J connectivity index is 1.37. The van der Waals surface area contributed by atoms with E-state index in [1.165, 1.54) is 9.71 Å². The SMILES string of the molecule is Cc1ccc(C=CS(=O)(=O)N2CCN(c3ccc(-c4ccco4)nn3)CC2)cc1. The molecular formula is C21H22N4O3S. The smallest absolute Gasteiger partial charge is 0.236 e. The summed E-state index contributed by atoms with van der Waals surface area (Å²) in [6, 6.07) is 15.1. The Morgan fingerprint density at radius 2 is 1.72 bits per heavy atom. The lowest BCUT2D eigenvalue weighted by atomic mass is 10.2. The van der Waals surface area contributed by atoms with Crippen LogP contribution in [-0.4, -0.2) is 49.1 Å². The number of rotatable bonds is 5. The van der Waals surface area contributed by atoms with Crippen LogP contribution in [0, 0.1) is 6.92 Å². The number of aromatic nitrogens is 2. The summed E-state index contributed by atoms with van der Waals surface area (Å²) in [4.78, 5) is 2.04. The molecule has 1 fully saturated rings. The molecule has 7 nitrogen and oxygen atoms in total. The number of anilines is 1. The molecule has 150 valence electrons. The highest BCUT2D eigenvalue weighted by Crippen LogP contribution is 2.20. The average Bonchev–Trinajstić information content (AvgIpc) is 3.29. The van der Waals surface area contributed by atoms with Gasteiger partial charge in [-0.05, 0) is 42.8 Å². The normalized spacial score (nSPS) is 15.8. The third kappa shape index (κ3) is 4.55. The van der Waals surface area contributed by atoms with Crippen molar-refractivity contribution in [3.63, 3.8) is 0 Å². The van der Waals surface area contributed by atoms with Gasteiger partial charge in [-0.2, -0.15) is 4.31 Å². The molecule has 0 spiro atoms. The van der Waals surface area contributed by atoms with Gasteiger partial charge in [0.05, 0.1) is 6.26 Å². The van der Waals surface area contributed by atoms with Gasteiger partial charge in [-0.15, -0.1) is 10.2 Å². The van der Waals surface area contributed by atoms with Crippen LogP contribution >= 0.6 is 0 Å². The van der Waals surface area contributed by atoms with Crippen molar-refractivity contribution in [1.29, 1.82) is 0 Å². The Morgan fingerprint density at radius 1 is 0.966 bits per heavy atom. The molecule has 0 atom stereocenters. The quantitative estimate of drug-likeness (QED) is 0.643.